The summed E-state index contributed by atoms with van der Waals surface area (Å²) in [5.74, 6) is 0.809. The van der Waals surface area contributed by atoms with Crippen molar-refractivity contribution in [2.45, 2.75) is 6.42 Å². The van der Waals surface area contributed by atoms with Gasteiger partial charge in [0.05, 0.1) is 0 Å². The van der Waals surface area contributed by atoms with Crippen molar-refractivity contribution in [3.63, 3.8) is 0 Å². The molecule has 2 aromatic rings. The minimum Gasteiger partial charge on any atom is -0.353 e. The van der Waals surface area contributed by atoms with E-state index in [1.54, 1.807) is 12.4 Å². The summed E-state index contributed by atoms with van der Waals surface area (Å²) in [6.07, 6.45) is 4.53. The standard InChI is InChI=1S/C10H9N3O/c1-2-7(6-11-4-1)9-8-3-5-12-10(8)14-13-9/h1-2,4,6,12H,3,5H2. The molecule has 0 radical (unpaired) electrons. The number of rotatable bonds is 1. The van der Waals surface area contributed by atoms with Gasteiger partial charge in [0.1, 0.15) is 5.69 Å². The van der Waals surface area contributed by atoms with Crippen LogP contribution < -0.4 is 5.32 Å². The quantitative estimate of drug-likeness (QED) is 0.738. The monoisotopic (exact) mass is 187 g/mol. The van der Waals surface area contributed by atoms with Crippen LogP contribution in [0.25, 0.3) is 11.3 Å². The smallest absolute Gasteiger partial charge is 0.228 e. The molecule has 3 heterocycles. The van der Waals surface area contributed by atoms with Crippen molar-refractivity contribution in [1.82, 2.24) is 10.1 Å². The van der Waals surface area contributed by atoms with Gasteiger partial charge in [0, 0.05) is 30.1 Å². The summed E-state index contributed by atoms with van der Waals surface area (Å²) < 4.78 is 5.17. The third-order valence-electron chi connectivity index (χ3n) is 2.38. The predicted molar refractivity (Wildman–Crippen MR) is 51.9 cm³/mol. The zero-order chi connectivity index (χ0) is 9.38. The van der Waals surface area contributed by atoms with E-state index >= 15 is 0 Å². The number of anilines is 1. The molecule has 4 heteroatoms. The molecule has 14 heavy (non-hydrogen) atoms. The molecule has 1 aliphatic heterocycles. The summed E-state index contributed by atoms with van der Waals surface area (Å²) in [6.45, 7) is 0.934. The second kappa shape index (κ2) is 2.83. The first-order valence-electron chi connectivity index (χ1n) is 4.58. The molecule has 0 aromatic carbocycles. The third kappa shape index (κ3) is 1.00. The highest BCUT2D eigenvalue weighted by molar-refractivity contribution is 5.68. The van der Waals surface area contributed by atoms with Crippen LogP contribution in [0.2, 0.25) is 0 Å². The Kier molecular flexibility index (Phi) is 1.53. The third-order valence-corrected chi connectivity index (χ3v) is 2.38. The van der Waals surface area contributed by atoms with Crippen molar-refractivity contribution in [3.8, 4) is 11.3 Å². The van der Waals surface area contributed by atoms with E-state index < -0.39 is 0 Å². The fourth-order valence-corrected chi connectivity index (χ4v) is 1.71. The van der Waals surface area contributed by atoms with Gasteiger partial charge < -0.3 is 9.84 Å². The highest BCUT2D eigenvalue weighted by Crippen LogP contribution is 2.31. The Morgan fingerprint density at radius 3 is 3.29 bits per heavy atom. The van der Waals surface area contributed by atoms with E-state index in [1.807, 2.05) is 12.1 Å². The average Bonchev–Trinajstić information content (AvgIpc) is 2.79. The second-order valence-corrected chi connectivity index (χ2v) is 3.26. The van der Waals surface area contributed by atoms with Crippen molar-refractivity contribution in [3.05, 3.63) is 30.1 Å². The van der Waals surface area contributed by atoms with Crippen molar-refractivity contribution in [1.29, 1.82) is 0 Å². The molecule has 0 aliphatic carbocycles. The van der Waals surface area contributed by atoms with Gasteiger partial charge in [-0.3, -0.25) is 4.98 Å². The average molecular weight is 187 g/mol. The molecule has 0 unspecified atom stereocenters. The molecule has 0 amide bonds. The van der Waals surface area contributed by atoms with E-state index in [4.69, 9.17) is 4.52 Å². The molecule has 0 saturated heterocycles. The lowest BCUT2D eigenvalue weighted by Crippen LogP contribution is -1.92. The molecule has 3 rings (SSSR count). The topological polar surface area (TPSA) is 51.0 Å². The Hall–Kier alpha value is -1.84. The largest absolute Gasteiger partial charge is 0.353 e. The summed E-state index contributed by atoms with van der Waals surface area (Å²) >= 11 is 0. The Labute approximate surface area is 80.9 Å². The van der Waals surface area contributed by atoms with Gasteiger partial charge in [-0.2, -0.15) is 0 Å². The minimum absolute atomic E-state index is 0.809. The number of nitrogens with zero attached hydrogens (tertiary/aromatic N) is 2. The molecule has 1 N–H and O–H groups in total. The van der Waals surface area contributed by atoms with Crippen LogP contribution in [0.3, 0.4) is 0 Å². The fraction of sp³-hybridized carbons (Fsp3) is 0.200. The van der Waals surface area contributed by atoms with Crippen molar-refractivity contribution in [2.24, 2.45) is 0 Å². The number of pyridine rings is 1. The Morgan fingerprint density at radius 2 is 2.43 bits per heavy atom. The van der Waals surface area contributed by atoms with Crippen LogP contribution in [0, 0.1) is 0 Å². The van der Waals surface area contributed by atoms with Crippen LogP contribution in [0.4, 0.5) is 5.88 Å². The number of hydrogen-bond acceptors (Lipinski definition) is 4. The molecular formula is C10H9N3O. The number of fused-ring (bicyclic) bond motifs is 1. The molecule has 0 spiro atoms. The first kappa shape index (κ1) is 7.55. The van der Waals surface area contributed by atoms with Crippen molar-refractivity contribution >= 4 is 5.88 Å². The van der Waals surface area contributed by atoms with E-state index in [-0.39, 0.29) is 0 Å². The zero-order valence-electron chi connectivity index (χ0n) is 7.53. The van der Waals surface area contributed by atoms with Crippen LogP contribution in [0.1, 0.15) is 5.56 Å². The van der Waals surface area contributed by atoms with Gasteiger partial charge in [-0.05, 0) is 18.6 Å². The summed E-state index contributed by atoms with van der Waals surface area (Å²) in [4.78, 5) is 4.06. The predicted octanol–water partition coefficient (Wildman–Crippen LogP) is 1.70. The highest BCUT2D eigenvalue weighted by atomic mass is 16.5. The first-order valence-corrected chi connectivity index (χ1v) is 4.58. The maximum Gasteiger partial charge on any atom is 0.228 e. The van der Waals surface area contributed by atoms with Gasteiger partial charge >= 0.3 is 0 Å². The van der Waals surface area contributed by atoms with Gasteiger partial charge in [0.2, 0.25) is 5.88 Å². The second-order valence-electron chi connectivity index (χ2n) is 3.26. The van der Waals surface area contributed by atoms with E-state index in [0.29, 0.717) is 0 Å². The van der Waals surface area contributed by atoms with Gasteiger partial charge in [-0.1, -0.05) is 5.16 Å². The van der Waals surface area contributed by atoms with E-state index in [0.717, 1.165) is 35.7 Å². The van der Waals surface area contributed by atoms with Gasteiger partial charge in [0.25, 0.3) is 0 Å². The van der Waals surface area contributed by atoms with Crippen LogP contribution in [0.5, 0.6) is 0 Å². The van der Waals surface area contributed by atoms with Gasteiger partial charge in [-0.15, -0.1) is 0 Å². The lowest BCUT2D eigenvalue weighted by molar-refractivity contribution is 0.436. The van der Waals surface area contributed by atoms with Crippen LogP contribution in [-0.4, -0.2) is 16.7 Å². The molecule has 0 saturated carbocycles. The molecule has 0 fully saturated rings. The summed E-state index contributed by atoms with van der Waals surface area (Å²) in [5, 5.41) is 7.17. The Bertz CT molecular complexity index is 450. The fourth-order valence-electron chi connectivity index (χ4n) is 1.71. The van der Waals surface area contributed by atoms with Crippen LogP contribution >= 0.6 is 0 Å². The molecule has 70 valence electrons. The zero-order valence-corrected chi connectivity index (χ0v) is 7.53. The van der Waals surface area contributed by atoms with Crippen LogP contribution in [-0.2, 0) is 6.42 Å². The van der Waals surface area contributed by atoms with Crippen LogP contribution in [0.15, 0.2) is 29.0 Å². The summed E-state index contributed by atoms with van der Waals surface area (Å²) in [6, 6.07) is 3.89. The summed E-state index contributed by atoms with van der Waals surface area (Å²) in [7, 11) is 0. The summed E-state index contributed by atoms with van der Waals surface area (Å²) in [5.41, 5.74) is 3.09. The maximum absolute atomic E-state index is 5.17. The van der Waals surface area contributed by atoms with Crippen molar-refractivity contribution < 1.29 is 4.52 Å². The molecule has 4 nitrogen and oxygen atoms in total. The molecule has 0 bridgehead atoms. The molecule has 0 atom stereocenters. The van der Waals surface area contributed by atoms with Crippen molar-refractivity contribution in [2.75, 3.05) is 11.9 Å². The van der Waals surface area contributed by atoms with E-state index in [1.165, 1.54) is 0 Å². The molecule has 1 aliphatic rings. The molecular weight excluding hydrogens is 178 g/mol. The van der Waals surface area contributed by atoms with Gasteiger partial charge in [0.15, 0.2) is 0 Å². The number of nitrogens with one attached hydrogen (secondary N) is 1. The Balaban J connectivity index is 2.13. The lowest BCUT2D eigenvalue weighted by Gasteiger charge is -1.95. The minimum atomic E-state index is 0.809. The maximum atomic E-state index is 5.17. The first-order chi connectivity index (χ1) is 6.95. The number of aromatic nitrogens is 2. The SMILES string of the molecule is c1cncc(-c2noc3c2CCN3)c1. The molecule has 2 aromatic heterocycles. The van der Waals surface area contributed by atoms with Gasteiger partial charge in [-0.25, -0.2) is 0 Å². The van der Waals surface area contributed by atoms with E-state index in [2.05, 4.69) is 15.5 Å². The number of hydrogen-bond donors (Lipinski definition) is 1. The normalized spacial score (nSPS) is 13.7. The highest BCUT2D eigenvalue weighted by Gasteiger charge is 2.21. The van der Waals surface area contributed by atoms with E-state index in [9.17, 15) is 0 Å². The Morgan fingerprint density at radius 1 is 1.43 bits per heavy atom. The lowest BCUT2D eigenvalue weighted by atomic mass is 10.1.